The Morgan fingerprint density at radius 3 is 2.17 bits per heavy atom. The highest BCUT2D eigenvalue weighted by atomic mass is 16.7. The van der Waals surface area contributed by atoms with Gasteiger partial charge in [0.25, 0.3) is 0 Å². The van der Waals surface area contributed by atoms with E-state index in [0.717, 1.165) is 32.1 Å². The Morgan fingerprint density at radius 1 is 0.870 bits per heavy atom. The molecule has 8 N–H and O–H groups in total. The minimum absolute atomic E-state index is 0.0304. The Bertz CT molecular complexity index is 1140. The van der Waals surface area contributed by atoms with E-state index >= 15 is 0 Å². The van der Waals surface area contributed by atoms with Gasteiger partial charge in [0.2, 0.25) is 0 Å². The van der Waals surface area contributed by atoms with Crippen LogP contribution in [0.25, 0.3) is 0 Å². The van der Waals surface area contributed by atoms with Crippen LogP contribution in [0.3, 0.4) is 0 Å². The average Bonchev–Trinajstić information content (AvgIpc) is 3.55. The standard InChI is InChI=1S/C36H62O10/c1-18(8-9-23(40)32(4,5)44)25-20(39)15-34(7)22-14-19(38)29-31(2,3)24(46-30-28(43)27(42)26(41)21(16-37)45-30)10-11-36(29)17-35(22,36)13-12-33(25,34)6/h18-30,37-44H,8-17H2,1-7H3/t18-,19?,20?,21-,22+,23?,24+,25+,26-,27+,28-,29+,30+,33-,34+,35+,36-/m1/s1. The second-order valence-corrected chi connectivity index (χ2v) is 18.4. The minimum atomic E-state index is -1.50. The summed E-state index contributed by atoms with van der Waals surface area (Å²) in [6, 6.07) is 0. The Balaban J connectivity index is 1.22. The molecule has 3 unspecified atom stereocenters. The summed E-state index contributed by atoms with van der Waals surface area (Å²) in [5.41, 5.74) is -1.85. The first-order chi connectivity index (χ1) is 21.2. The van der Waals surface area contributed by atoms with Gasteiger partial charge in [0, 0.05) is 0 Å². The highest BCUT2D eigenvalue weighted by molar-refractivity contribution is 5.32. The fourth-order valence-electron chi connectivity index (χ4n) is 13.0. The maximum Gasteiger partial charge on any atom is 0.186 e. The van der Waals surface area contributed by atoms with Crippen LogP contribution in [0.4, 0.5) is 0 Å². The SMILES string of the molecule is C[C@H](CCC(O)C(C)(C)O)[C@H]1C(O)C[C@@]2(C)[C@@H]3CC(O)[C@H]4C(C)(C)[C@@H](O[C@@H]5O[C@H](CO)[C@@H](O)[C@H](O)[C@H]5O)CC[C@@]45C[C@@]35CC[C@]12C. The van der Waals surface area contributed by atoms with E-state index in [9.17, 15) is 40.9 Å². The van der Waals surface area contributed by atoms with Gasteiger partial charge in [-0.3, -0.25) is 0 Å². The number of hydrogen-bond donors (Lipinski definition) is 8. The molecule has 5 saturated carbocycles. The van der Waals surface area contributed by atoms with Crippen molar-refractivity contribution in [1.82, 2.24) is 0 Å². The molecule has 1 aliphatic heterocycles. The molecule has 10 nitrogen and oxygen atoms in total. The van der Waals surface area contributed by atoms with Gasteiger partial charge in [0.1, 0.15) is 24.4 Å². The van der Waals surface area contributed by atoms with Gasteiger partial charge in [0.15, 0.2) is 6.29 Å². The largest absolute Gasteiger partial charge is 0.394 e. The molecule has 6 rings (SSSR count). The van der Waals surface area contributed by atoms with Crippen molar-refractivity contribution in [2.75, 3.05) is 6.61 Å². The van der Waals surface area contributed by atoms with Gasteiger partial charge in [-0.25, -0.2) is 0 Å². The van der Waals surface area contributed by atoms with Crippen molar-refractivity contribution in [1.29, 1.82) is 0 Å². The predicted octanol–water partition coefficient (Wildman–Crippen LogP) is 2.10. The number of fused-ring (bicyclic) bond motifs is 2. The van der Waals surface area contributed by atoms with Gasteiger partial charge in [-0.2, -0.15) is 0 Å². The highest BCUT2D eigenvalue weighted by Crippen LogP contribution is 2.89. The molecule has 0 radical (unpaired) electrons. The average molecular weight is 655 g/mol. The first-order valence-electron chi connectivity index (χ1n) is 17.9. The molecule has 6 fully saturated rings. The van der Waals surface area contributed by atoms with Gasteiger partial charge in [-0.05, 0) is 122 Å². The zero-order valence-corrected chi connectivity index (χ0v) is 29.0. The third-order valence-electron chi connectivity index (χ3n) is 15.5. The van der Waals surface area contributed by atoms with E-state index < -0.39 is 66.6 Å². The third-order valence-corrected chi connectivity index (χ3v) is 15.5. The van der Waals surface area contributed by atoms with E-state index in [2.05, 4.69) is 34.6 Å². The second-order valence-electron chi connectivity index (χ2n) is 18.4. The van der Waals surface area contributed by atoms with Crippen molar-refractivity contribution in [2.24, 2.45) is 50.7 Å². The number of rotatable bonds is 8. The summed E-state index contributed by atoms with van der Waals surface area (Å²) in [5.74, 6) is 0.499. The first-order valence-corrected chi connectivity index (χ1v) is 17.9. The number of aliphatic hydroxyl groups excluding tert-OH is 7. The van der Waals surface area contributed by atoms with Gasteiger partial charge in [-0.15, -0.1) is 0 Å². The van der Waals surface area contributed by atoms with Gasteiger partial charge in [-0.1, -0.05) is 34.6 Å². The Labute approximate surface area is 274 Å². The fraction of sp³-hybridized carbons (Fsp3) is 1.00. The predicted molar refractivity (Wildman–Crippen MR) is 169 cm³/mol. The van der Waals surface area contributed by atoms with Gasteiger partial charge >= 0.3 is 0 Å². The molecule has 6 aliphatic rings. The van der Waals surface area contributed by atoms with E-state index in [1.54, 1.807) is 13.8 Å². The Morgan fingerprint density at radius 2 is 1.54 bits per heavy atom. The maximum absolute atomic E-state index is 12.1. The van der Waals surface area contributed by atoms with Crippen molar-refractivity contribution in [3.05, 3.63) is 0 Å². The second kappa shape index (κ2) is 11.3. The molecule has 0 amide bonds. The summed E-state index contributed by atoms with van der Waals surface area (Å²) in [7, 11) is 0. The van der Waals surface area contributed by atoms with E-state index in [1.807, 2.05) is 0 Å². The van der Waals surface area contributed by atoms with Crippen molar-refractivity contribution < 1.29 is 50.3 Å². The molecule has 0 aromatic rings. The number of aliphatic hydroxyl groups is 8. The molecular weight excluding hydrogens is 592 g/mol. The molecule has 10 heteroatoms. The Kier molecular flexibility index (Phi) is 8.71. The molecule has 2 spiro atoms. The molecule has 0 aromatic carbocycles. The first kappa shape index (κ1) is 35.4. The van der Waals surface area contributed by atoms with Crippen LogP contribution in [-0.4, -0.2) is 108 Å². The van der Waals surface area contributed by atoms with Gasteiger partial charge in [0.05, 0.1) is 36.6 Å². The normalized spacial score (nSPS) is 54.2. The molecule has 0 aromatic heterocycles. The lowest BCUT2D eigenvalue weighted by Gasteiger charge is -2.64. The van der Waals surface area contributed by atoms with Crippen molar-refractivity contribution >= 4 is 0 Å². The fourth-order valence-corrected chi connectivity index (χ4v) is 13.0. The molecular formula is C36H62O10. The molecule has 1 heterocycles. The summed E-state index contributed by atoms with van der Waals surface area (Å²) in [6.45, 7) is 14.0. The van der Waals surface area contributed by atoms with Crippen LogP contribution >= 0.6 is 0 Å². The number of hydrogen-bond acceptors (Lipinski definition) is 10. The van der Waals surface area contributed by atoms with E-state index in [0.29, 0.717) is 25.7 Å². The summed E-state index contributed by atoms with van der Waals surface area (Å²) in [5, 5.41) is 85.7. The topological polar surface area (TPSA) is 180 Å². The monoisotopic (exact) mass is 654 g/mol. The van der Waals surface area contributed by atoms with E-state index in [4.69, 9.17) is 9.47 Å². The lowest BCUT2D eigenvalue weighted by Crippen LogP contribution is -2.63. The lowest BCUT2D eigenvalue weighted by atomic mass is 9.41. The van der Waals surface area contributed by atoms with Crippen LogP contribution in [-0.2, 0) is 9.47 Å². The van der Waals surface area contributed by atoms with Crippen LogP contribution in [0, 0.1) is 50.7 Å². The number of ether oxygens (including phenoxy) is 2. The van der Waals surface area contributed by atoms with Crippen LogP contribution in [0.2, 0.25) is 0 Å². The van der Waals surface area contributed by atoms with Crippen LogP contribution in [0.15, 0.2) is 0 Å². The van der Waals surface area contributed by atoms with Crippen LogP contribution < -0.4 is 0 Å². The maximum atomic E-state index is 12.1. The van der Waals surface area contributed by atoms with Crippen LogP contribution in [0.1, 0.15) is 106 Å². The zero-order valence-electron chi connectivity index (χ0n) is 29.0. The van der Waals surface area contributed by atoms with E-state index in [-0.39, 0.29) is 51.4 Å². The van der Waals surface area contributed by atoms with Crippen molar-refractivity contribution in [3.8, 4) is 0 Å². The summed E-state index contributed by atoms with van der Waals surface area (Å²) in [4.78, 5) is 0. The van der Waals surface area contributed by atoms with E-state index in [1.165, 1.54) is 0 Å². The minimum Gasteiger partial charge on any atom is -0.394 e. The summed E-state index contributed by atoms with van der Waals surface area (Å²) >= 11 is 0. The Hall–Kier alpha value is -0.400. The van der Waals surface area contributed by atoms with Gasteiger partial charge < -0.3 is 50.3 Å². The molecule has 17 atom stereocenters. The summed E-state index contributed by atoms with van der Waals surface area (Å²) < 4.78 is 12.1. The molecule has 46 heavy (non-hydrogen) atoms. The molecule has 0 bridgehead atoms. The highest BCUT2D eigenvalue weighted by Gasteiger charge is 2.84. The zero-order chi connectivity index (χ0) is 34.0. The quantitative estimate of drug-likeness (QED) is 0.181. The van der Waals surface area contributed by atoms with Crippen LogP contribution in [0.5, 0.6) is 0 Å². The summed E-state index contributed by atoms with van der Waals surface area (Å²) in [6.07, 6.45) is -1.55. The molecule has 1 saturated heterocycles. The molecule has 266 valence electrons. The third kappa shape index (κ3) is 4.78. The van der Waals surface area contributed by atoms with Crippen molar-refractivity contribution in [2.45, 2.75) is 167 Å². The lowest BCUT2D eigenvalue weighted by molar-refractivity contribution is -0.329. The van der Waals surface area contributed by atoms with Crippen molar-refractivity contribution in [3.63, 3.8) is 0 Å². The smallest absolute Gasteiger partial charge is 0.186 e. The molecule has 5 aliphatic carbocycles.